The van der Waals surface area contributed by atoms with Crippen LogP contribution in [0.4, 0.5) is 0 Å². The van der Waals surface area contributed by atoms with Gasteiger partial charge in [0.15, 0.2) is 0 Å². The second-order valence-corrected chi connectivity index (χ2v) is 7.02. The van der Waals surface area contributed by atoms with Crippen LogP contribution in [0.15, 0.2) is 16.7 Å². The maximum atomic E-state index is 5.72. The molecule has 20 heavy (non-hydrogen) atoms. The van der Waals surface area contributed by atoms with Crippen LogP contribution >= 0.6 is 0 Å². The molecule has 1 N–H and O–H groups in total. The highest BCUT2D eigenvalue weighted by molar-refractivity contribution is 5.13. The van der Waals surface area contributed by atoms with Gasteiger partial charge in [0.2, 0.25) is 0 Å². The van der Waals surface area contributed by atoms with Crippen LogP contribution in [0.2, 0.25) is 0 Å². The highest BCUT2D eigenvalue weighted by Gasteiger charge is 2.31. The summed E-state index contributed by atoms with van der Waals surface area (Å²) in [6.45, 7) is 9.85. The summed E-state index contributed by atoms with van der Waals surface area (Å²) in [6.07, 6.45) is 4.58. The minimum absolute atomic E-state index is 0.251. The molecule has 2 fully saturated rings. The lowest BCUT2D eigenvalue weighted by atomic mass is 10.00. The maximum absolute atomic E-state index is 5.72. The van der Waals surface area contributed by atoms with Crippen LogP contribution in [0.1, 0.15) is 38.0 Å². The third-order valence-electron chi connectivity index (χ3n) is 4.66. The van der Waals surface area contributed by atoms with Crippen molar-refractivity contribution in [2.45, 2.75) is 51.4 Å². The van der Waals surface area contributed by atoms with Crippen LogP contribution in [0.25, 0.3) is 0 Å². The molecule has 3 rings (SSSR count). The molecule has 0 radical (unpaired) electrons. The molecule has 2 aliphatic rings. The fraction of sp³-hybridized carbons (Fsp3) is 0.750. The zero-order chi connectivity index (χ0) is 14.2. The monoisotopic (exact) mass is 277 g/mol. The third kappa shape index (κ3) is 3.43. The fourth-order valence-corrected chi connectivity index (χ4v) is 2.85. The summed E-state index contributed by atoms with van der Waals surface area (Å²) in [5.41, 5.74) is 1.53. The Bertz CT molecular complexity index is 450. The van der Waals surface area contributed by atoms with E-state index in [1.807, 2.05) is 6.26 Å². The zero-order valence-corrected chi connectivity index (χ0v) is 13.0. The van der Waals surface area contributed by atoms with Gasteiger partial charge in [-0.25, -0.2) is 0 Å². The van der Waals surface area contributed by atoms with Crippen LogP contribution < -0.4 is 5.32 Å². The molecule has 1 aliphatic heterocycles. The average Bonchev–Trinajstić information content (AvgIpc) is 3.12. The van der Waals surface area contributed by atoms with Crippen LogP contribution in [0.3, 0.4) is 0 Å². The zero-order valence-electron chi connectivity index (χ0n) is 13.0. The molecule has 4 nitrogen and oxygen atoms in total. The molecule has 112 valence electrons. The Labute approximate surface area is 122 Å². The summed E-state index contributed by atoms with van der Waals surface area (Å²) >= 11 is 0. The first-order valence-corrected chi connectivity index (χ1v) is 7.76. The molecular formula is C16H27N3O. The van der Waals surface area contributed by atoms with Gasteiger partial charge < -0.3 is 9.73 Å². The molecule has 2 heterocycles. The van der Waals surface area contributed by atoms with E-state index in [1.165, 1.54) is 18.4 Å². The lowest BCUT2D eigenvalue weighted by Gasteiger charge is -2.45. The number of hydrogen-bond acceptors (Lipinski definition) is 4. The first-order valence-electron chi connectivity index (χ1n) is 7.76. The van der Waals surface area contributed by atoms with Gasteiger partial charge in [0.25, 0.3) is 0 Å². The number of nitrogens with one attached hydrogen (secondary N) is 1. The molecule has 0 amide bonds. The first kappa shape index (κ1) is 14.1. The lowest BCUT2D eigenvalue weighted by molar-refractivity contribution is 0.0328. The summed E-state index contributed by atoms with van der Waals surface area (Å²) in [5.74, 6) is 1.10. The number of likely N-dealkylation sites (N-methyl/N-ethyl adjacent to an activating group) is 1. The second kappa shape index (κ2) is 5.51. The van der Waals surface area contributed by atoms with Gasteiger partial charge in [-0.05, 0) is 39.8 Å². The van der Waals surface area contributed by atoms with Crippen molar-refractivity contribution in [3.8, 4) is 0 Å². The Hall–Kier alpha value is -0.840. The van der Waals surface area contributed by atoms with Crippen molar-refractivity contribution in [2.24, 2.45) is 0 Å². The van der Waals surface area contributed by atoms with Crippen molar-refractivity contribution in [3.63, 3.8) is 0 Å². The van der Waals surface area contributed by atoms with Crippen molar-refractivity contribution in [3.05, 3.63) is 23.7 Å². The molecule has 1 saturated carbocycles. The molecule has 0 unspecified atom stereocenters. The smallest absolute Gasteiger partial charge is 0.118 e. The van der Waals surface area contributed by atoms with E-state index in [9.17, 15) is 0 Å². The molecule has 1 aromatic rings. The van der Waals surface area contributed by atoms with E-state index >= 15 is 0 Å². The molecule has 4 heteroatoms. The van der Waals surface area contributed by atoms with E-state index in [1.54, 1.807) is 0 Å². The lowest BCUT2D eigenvalue weighted by Crippen LogP contribution is -2.57. The molecule has 1 aromatic heterocycles. The number of furan rings is 1. The van der Waals surface area contributed by atoms with Crippen molar-refractivity contribution < 1.29 is 4.42 Å². The van der Waals surface area contributed by atoms with Crippen molar-refractivity contribution >= 4 is 0 Å². The van der Waals surface area contributed by atoms with E-state index in [2.05, 4.69) is 42.1 Å². The van der Waals surface area contributed by atoms with Gasteiger partial charge in [-0.3, -0.25) is 9.80 Å². The van der Waals surface area contributed by atoms with Crippen molar-refractivity contribution in [1.29, 1.82) is 0 Å². The Balaban J connectivity index is 1.52. The summed E-state index contributed by atoms with van der Waals surface area (Å²) in [4.78, 5) is 4.94. The molecule has 0 spiro atoms. The fourth-order valence-electron chi connectivity index (χ4n) is 2.85. The minimum Gasteiger partial charge on any atom is -0.468 e. The predicted molar refractivity (Wildman–Crippen MR) is 80.6 cm³/mol. The summed E-state index contributed by atoms with van der Waals surface area (Å²) in [6, 6.07) is 2.97. The Kier molecular flexibility index (Phi) is 3.89. The van der Waals surface area contributed by atoms with E-state index in [4.69, 9.17) is 4.42 Å². The number of rotatable bonds is 5. The molecular weight excluding hydrogens is 250 g/mol. The predicted octanol–water partition coefficient (Wildman–Crippen LogP) is 2.06. The third-order valence-corrected chi connectivity index (χ3v) is 4.66. The van der Waals surface area contributed by atoms with Crippen LogP contribution in [0.5, 0.6) is 0 Å². The topological polar surface area (TPSA) is 31.6 Å². The number of nitrogens with zero attached hydrogens (tertiary/aromatic N) is 2. The Morgan fingerprint density at radius 2 is 2.15 bits per heavy atom. The molecule has 0 atom stereocenters. The first-order chi connectivity index (χ1) is 9.53. The van der Waals surface area contributed by atoms with E-state index in [0.29, 0.717) is 0 Å². The van der Waals surface area contributed by atoms with E-state index in [-0.39, 0.29) is 5.54 Å². The standard InChI is InChI=1S/C16H27N3O/c1-16(2)12-19(7-6-18(16)3)10-15-8-13(11-20-15)9-17-14-4-5-14/h8,11,14,17H,4-7,9-10,12H2,1-3H3. The molecule has 1 aliphatic carbocycles. The molecule has 1 saturated heterocycles. The normalized spacial score (nSPS) is 24.1. The summed E-state index contributed by atoms with van der Waals surface area (Å²) in [7, 11) is 2.21. The van der Waals surface area contributed by atoms with Gasteiger partial charge in [-0.2, -0.15) is 0 Å². The van der Waals surface area contributed by atoms with Crippen molar-refractivity contribution in [2.75, 3.05) is 26.7 Å². The van der Waals surface area contributed by atoms with Gasteiger partial charge in [-0.1, -0.05) is 0 Å². The van der Waals surface area contributed by atoms with Crippen LogP contribution in [-0.2, 0) is 13.1 Å². The van der Waals surface area contributed by atoms with Gasteiger partial charge in [0.05, 0.1) is 12.8 Å². The minimum atomic E-state index is 0.251. The van der Waals surface area contributed by atoms with E-state index < -0.39 is 0 Å². The second-order valence-electron chi connectivity index (χ2n) is 7.02. The highest BCUT2D eigenvalue weighted by atomic mass is 16.3. The van der Waals surface area contributed by atoms with E-state index in [0.717, 1.165) is 44.5 Å². The maximum Gasteiger partial charge on any atom is 0.118 e. The quantitative estimate of drug-likeness (QED) is 0.893. The SMILES string of the molecule is CN1CCN(Cc2cc(CNC3CC3)co2)CC1(C)C. The number of piperazine rings is 1. The highest BCUT2D eigenvalue weighted by Crippen LogP contribution is 2.22. The van der Waals surface area contributed by atoms with Crippen molar-refractivity contribution in [1.82, 2.24) is 15.1 Å². The van der Waals surface area contributed by atoms with Crippen LogP contribution in [-0.4, -0.2) is 48.1 Å². The molecule has 0 bridgehead atoms. The summed E-state index contributed by atoms with van der Waals surface area (Å²) < 4.78 is 5.72. The largest absolute Gasteiger partial charge is 0.468 e. The van der Waals surface area contributed by atoms with Crippen LogP contribution in [0, 0.1) is 0 Å². The van der Waals surface area contributed by atoms with Gasteiger partial charge in [-0.15, -0.1) is 0 Å². The van der Waals surface area contributed by atoms with Gasteiger partial charge >= 0.3 is 0 Å². The Morgan fingerprint density at radius 1 is 1.35 bits per heavy atom. The van der Waals surface area contributed by atoms with Gasteiger partial charge in [0.1, 0.15) is 5.76 Å². The molecule has 0 aromatic carbocycles. The Morgan fingerprint density at radius 3 is 2.85 bits per heavy atom. The van der Waals surface area contributed by atoms with Gasteiger partial charge in [0, 0.05) is 43.3 Å². The average molecular weight is 277 g/mol. The summed E-state index contributed by atoms with van der Waals surface area (Å²) in [5, 5.41) is 3.53. The number of hydrogen-bond donors (Lipinski definition) is 1.